The molecule has 10 heteroatoms. The molecule has 2 aliphatic heterocycles. The highest BCUT2D eigenvalue weighted by Crippen LogP contribution is 2.24. The van der Waals surface area contributed by atoms with Gasteiger partial charge in [0.05, 0.1) is 0 Å². The van der Waals surface area contributed by atoms with E-state index in [-0.39, 0.29) is 10.9 Å². The molecule has 0 aliphatic carbocycles. The first-order valence-corrected chi connectivity index (χ1v) is 12.2. The molecule has 2 aliphatic rings. The summed E-state index contributed by atoms with van der Waals surface area (Å²) in [6.45, 7) is 8.11. The molecule has 0 atom stereocenters. The van der Waals surface area contributed by atoms with Gasteiger partial charge in [0.2, 0.25) is 0 Å². The first-order valence-electron chi connectivity index (χ1n) is 10.7. The SMILES string of the molecule is CC(C)c1nc(S(=O)(=O)N2CCN(c3cc(N4CCCCC4)ncn3)CC2)cn1C. The minimum Gasteiger partial charge on any atom is -0.356 e. The Morgan fingerprint density at radius 1 is 0.900 bits per heavy atom. The number of hydrogen-bond acceptors (Lipinski definition) is 7. The van der Waals surface area contributed by atoms with Crippen LogP contribution in [0.25, 0.3) is 0 Å². The predicted molar refractivity (Wildman–Crippen MR) is 116 cm³/mol. The van der Waals surface area contributed by atoms with Crippen LogP contribution >= 0.6 is 0 Å². The third-order valence-corrected chi connectivity index (χ3v) is 7.66. The third-order valence-electron chi connectivity index (χ3n) is 5.89. The van der Waals surface area contributed by atoms with E-state index in [0.717, 1.165) is 30.5 Å². The van der Waals surface area contributed by atoms with Crippen molar-refractivity contribution in [2.45, 2.75) is 44.1 Å². The molecule has 2 fully saturated rings. The van der Waals surface area contributed by atoms with E-state index in [9.17, 15) is 8.42 Å². The maximum Gasteiger partial charge on any atom is 0.262 e. The van der Waals surface area contributed by atoms with Crippen LogP contribution in [0.4, 0.5) is 11.6 Å². The number of nitrogens with zero attached hydrogens (tertiary/aromatic N) is 7. The van der Waals surface area contributed by atoms with Gasteiger partial charge < -0.3 is 14.4 Å². The topological polar surface area (TPSA) is 87.5 Å². The van der Waals surface area contributed by atoms with E-state index in [1.165, 1.54) is 23.6 Å². The molecule has 30 heavy (non-hydrogen) atoms. The quantitative estimate of drug-likeness (QED) is 0.711. The summed E-state index contributed by atoms with van der Waals surface area (Å²) in [7, 11) is -1.75. The van der Waals surface area contributed by atoms with Gasteiger partial charge in [-0.1, -0.05) is 13.8 Å². The van der Waals surface area contributed by atoms with Crippen LogP contribution in [-0.4, -0.2) is 71.5 Å². The van der Waals surface area contributed by atoms with Crippen LogP contribution in [0, 0.1) is 0 Å². The van der Waals surface area contributed by atoms with Crippen LogP contribution < -0.4 is 9.80 Å². The fraction of sp³-hybridized carbons (Fsp3) is 0.650. The highest BCUT2D eigenvalue weighted by molar-refractivity contribution is 7.89. The number of piperazine rings is 1. The lowest BCUT2D eigenvalue weighted by Crippen LogP contribution is -2.49. The fourth-order valence-corrected chi connectivity index (χ4v) is 5.62. The van der Waals surface area contributed by atoms with E-state index >= 15 is 0 Å². The number of sulfonamides is 1. The zero-order valence-corrected chi connectivity index (χ0v) is 18.8. The zero-order chi connectivity index (χ0) is 21.3. The van der Waals surface area contributed by atoms with Crippen molar-refractivity contribution in [3.05, 3.63) is 24.4 Å². The van der Waals surface area contributed by atoms with Gasteiger partial charge in [0.25, 0.3) is 10.0 Å². The second kappa shape index (κ2) is 8.50. The zero-order valence-electron chi connectivity index (χ0n) is 18.0. The Morgan fingerprint density at radius 3 is 2.07 bits per heavy atom. The summed E-state index contributed by atoms with van der Waals surface area (Å²) in [5.41, 5.74) is 0. The van der Waals surface area contributed by atoms with Crippen molar-refractivity contribution in [3.8, 4) is 0 Å². The van der Waals surface area contributed by atoms with Crippen LogP contribution in [-0.2, 0) is 17.1 Å². The summed E-state index contributed by atoms with van der Waals surface area (Å²) in [4.78, 5) is 17.7. The molecule has 0 amide bonds. The van der Waals surface area contributed by atoms with Crippen molar-refractivity contribution in [1.29, 1.82) is 0 Å². The molecule has 0 bridgehead atoms. The monoisotopic (exact) mass is 433 g/mol. The molecule has 2 aromatic rings. The summed E-state index contributed by atoms with van der Waals surface area (Å²) >= 11 is 0. The molecule has 0 spiro atoms. The molecular formula is C20H31N7O2S. The second-order valence-electron chi connectivity index (χ2n) is 8.38. The molecule has 9 nitrogen and oxygen atoms in total. The first kappa shape index (κ1) is 21.0. The van der Waals surface area contributed by atoms with Crippen LogP contribution in [0.3, 0.4) is 0 Å². The van der Waals surface area contributed by atoms with Crippen LogP contribution in [0.2, 0.25) is 0 Å². The molecule has 0 radical (unpaired) electrons. The maximum absolute atomic E-state index is 13.1. The Labute approximate surface area is 178 Å². The van der Waals surface area contributed by atoms with Gasteiger partial charge in [-0.3, -0.25) is 0 Å². The molecule has 4 rings (SSSR count). The van der Waals surface area contributed by atoms with E-state index in [4.69, 9.17) is 0 Å². The summed E-state index contributed by atoms with van der Waals surface area (Å²) in [6.07, 6.45) is 6.90. The number of imidazole rings is 1. The van der Waals surface area contributed by atoms with Crippen molar-refractivity contribution in [2.75, 3.05) is 49.1 Å². The summed E-state index contributed by atoms with van der Waals surface area (Å²) in [6, 6.07) is 2.03. The predicted octanol–water partition coefficient (Wildman–Crippen LogP) is 1.83. The van der Waals surface area contributed by atoms with E-state index in [1.807, 2.05) is 27.0 Å². The molecule has 0 saturated carbocycles. The Hall–Kier alpha value is -2.20. The molecule has 0 unspecified atom stereocenters. The van der Waals surface area contributed by atoms with Crippen molar-refractivity contribution in [3.63, 3.8) is 0 Å². The van der Waals surface area contributed by atoms with Gasteiger partial charge in [0, 0.05) is 64.5 Å². The minimum absolute atomic E-state index is 0.136. The summed E-state index contributed by atoms with van der Waals surface area (Å²) in [5.74, 6) is 2.77. The molecule has 4 heterocycles. The van der Waals surface area contributed by atoms with Gasteiger partial charge in [-0.25, -0.2) is 23.4 Å². The van der Waals surface area contributed by atoms with Gasteiger partial charge in [0.1, 0.15) is 23.8 Å². The van der Waals surface area contributed by atoms with Crippen molar-refractivity contribution < 1.29 is 8.42 Å². The third kappa shape index (κ3) is 4.15. The van der Waals surface area contributed by atoms with Gasteiger partial charge in [-0.2, -0.15) is 4.31 Å². The number of piperidine rings is 1. The molecule has 0 aromatic carbocycles. The van der Waals surface area contributed by atoms with Gasteiger partial charge >= 0.3 is 0 Å². The summed E-state index contributed by atoms with van der Waals surface area (Å²) in [5, 5.41) is 0.136. The molecule has 164 valence electrons. The lowest BCUT2D eigenvalue weighted by atomic mass is 10.1. The van der Waals surface area contributed by atoms with Crippen molar-refractivity contribution in [2.24, 2.45) is 7.05 Å². The van der Waals surface area contributed by atoms with Gasteiger partial charge in [0.15, 0.2) is 5.03 Å². The Morgan fingerprint density at radius 2 is 1.50 bits per heavy atom. The normalized spacial score (nSPS) is 18.9. The van der Waals surface area contributed by atoms with Crippen molar-refractivity contribution in [1.82, 2.24) is 23.8 Å². The van der Waals surface area contributed by atoms with Crippen LogP contribution in [0.15, 0.2) is 23.6 Å². The average Bonchev–Trinajstić information content (AvgIpc) is 3.17. The molecule has 0 N–H and O–H groups in total. The largest absolute Gasteiger partial charge is 0.356 e. The van der Waals surface area contributed by atoms with E-state index in [1.54, 1.807) is 17.1 Å². The maximum atomic E-state index is 13.1. The molecule has 2 aromatic heterocycles. The average molecular weight is 434 g/mol. The second-order valence-corrected chi connectivity index (χ2v) is 10.3. The molecule has 2 saturated heterocycles. The number of anilines is 2. The van der Waals surface area contributed by atoms with Crippen LogP contribution in [0.1, 0.15) is 44.9 Å². The Balaban J connectivity index is 1.44. The van der Waals surface area contributed by atoms with E-state index < -0.39 is 10.0 Å². The first-order chi connectivity index (χ1) is 14.4. The van der Waals surface area contributed by atoms with E-state index in [0.29, 0.717) is 26.2 Å². The highest BCUT2D eigenvalue weighted by Gasteiger charge is 2.31. The standard InChI is InChI=1S/C20H31N7O2S/c1-16(2)20-23-19(14-24(20)3)30(28,29)27-11-9-26(10-12-27)18-13-17(21-15-22-18)25-7-5-4-6-8-25/h13-16H,4-12H2,1-3H3. The summed E-state index contributed by atoms with van der Waals surface area (Å²) < 4.78 is 29.5. The fourth-order valence-electron chi connectivity index (χ4n) is 4.21. The van der Waals surface area contributed by atoms with Crippen molar-refractivity contribution >= 4 is 21.7 Å². The number of aryl methyl sites for hydroxylation is 1. The van der Waals surface area contributed by atoms with Crippen LogP contribution in [0.5, 0.6) is 0 Å². The number of hydrogen-bond donors (Lipinski definition) is 0. The van der Waals surface area contributed by atoms with Gasteiger partial charge in [-0.15, -0.1) is 0 Å². The Bertz CT molecular complexity index is 975. The highest BCUT2D eigenvalue weighted by atomic mass is 32.2. The Kier molecular flexibility index (Phi) is 5.97. The lowest BCUT2D eigenvalue weighted by Gasteiger charge is -2.35. The van der Waals surface area contributed by atoms with Gasteiger partial charge in [-0.05, 0) is 19.3 Å². The molecular weight excluding hydrogens is 402 g/mol. The lowest BCUT2D eigenvalue weighted by molar-refractivity contribution is 0.382. The number of aromatic nitrogens is 4. The number of rotatable bonds is 5. The minimum atomic E-state index is -3.59. The smallest absolute Gasteiger partial charge is 0.262 e. The van der Waals surface area contributed by atoms with E-state index in [2.05, 4.69) is 24.8 Å².